The number of aliphatic carboxylic acids is 1. The smallest absolute Gasteiger partial charge is 0.326 e. The molecule has 0 aromatic heterocycles. The molecule has 0 bridgehead atoms. The Balaban J connectivity index is 2.88. The maximum atomic E-state index is 11.4. The summed E-state index contributed by atoms with van der Waals surface area (Å²) in [5, 5.41) is 8.93. The Morgan fingerprint density at radius 1 is 1.47 bits per heavy atom. The fourth-order valence-electron chi connectivity index (χ4n) is 1.49. The van der Waals surface area contributed by atoms with Crippen molar-refractivity contribution in [2.45, 2.75) is 26.4 Å². The Hall–Kier alpha value is -1.36. The molecule has 1 aromatic carbocycles. The van der Waals surface area contributed by atoms with E-state index in [1.165, 1.54) is 18.7 Å². The van der Waals surface area contributed by atoms with E-state index in [0.29, 0.717) is 6.54 Å². The molecular formula is C12H14BrNO3. The predicted octanol–water partition coefficient (Wildman–Crippen LogP) is 2.27. The summed E-state index contributed by atoms with van der Waals surface area (Å²) in [5.74, 6) is -1.25. The van der Waals surface area contributed by atoms with Crippen LogP contribution in [-0.2, 0) is 16.1 Å². The van der Waals surface area contributed by atoms with E-state index < -0.39 is 12.0 Å². The fraction of sp³-hybridized carbons (Fsp3) is 0.333. The molecular weight excluding hydrogens is 286 g/mol. The van der Waals surface area contributed by atoms with Crippen molar-refractivity contribution in [2.75, 3.05) is 0 Å². The lowest BCUT2D eigenvalue weighted by Gasteiger charge is -2.25. The topological polar surface area (TPSA) is 57.6 Å². The second kappa shape index (κ2) is 5.82. The third-order valence-electron chi connectivity index (χ3n) is 2.47. The van der Waals surface area contributed by atoms with Crippen molar-refractivity contribution in [2.24, 2.45) is 0 Å². The molecule has 0 aliphatic carbocycles. The molecule has 1 amide bonds. The first-order valence-electron chi connectivity index (χ1n) is 5.16. The van der Waals surface area contributed by atoms with Crippen LogP contribution >= 0.6 is 15.9 Å². The van der Waals surface area contributed by atoms with Crippen LogP contribution in [0.3, 0.4) is 0 Å². The van der Waals surface area contributed by atoms with Gasteiger partial charge in [0, 0.05) is 17.9 Å². The minimum atomic E-state index is -1.00. The van der Waals surface area contributed by atoms with E-state index in [0.717, 1.165) is 10.0 Å². The van der Waals surface area contributed by atoms with Crippen LogP contribution in [-0.4, -0.2) is 27.9 Å². The largest absolute Gasteiger partial charge is 0.480 e. The number of carbonyl (C=O) groups excluding carboxylic acids is 1. The standard InChI is InChI=1S/C12H14BrNO3/c1-8(12(16)17)14(9(2)15)7-10-4-3-5-11(13)6-10/h3-6,8H,7H2,1-2H3,(H,16,17). The fourth-order valence-corrected chi connectivity index (χ4v) is 1.93. The molecule has 1 aromatic rings. The molecule has 1 rings (SSSR count). The molecule has 0 saturated carbocycles. The normalized spacial score (nSPS) is 11.9. The number of nitrogens with zero attached hydrogens (tertiary/aromatic N) is 1. The third-order valence-corrected chi connectivity index (χ3v) is 2.96. The average molecular weight is 300 g/mol. The molecule has 0 heterocycles. The molecule has 0 saturated heterocycles. The van der Waals surface area contributed by atoms with Crippen LogP contribution in [0, 0.1) is 0 Å². The maximum Gasteiger partial charge on any atom is 0.326 e. The molecule has 1 unspecified atom stereocenters. The van der Waals surface area contributed by atoms with Crippen LogP contribution in [0.4, 0.5) is 0 Å². The van der Waals surface area contributed by atoms with Crippen LogP contribution in [0.1, 0.15) is 19.4 Å². The van der Waals surface area contributed by atoms with Crippen LogP contribution in [0.2, 0.25) is 0 Å². The number of hydrogen-bond donors (Lipinski definition) is 1. The highest BCUT2D eigenvalue weighted by Crippen LogP contribution is 2.15. The molecule has 17 heavy (non-hydrogen) atoms. The van der Waals surface area contributed by atoms with Crippen molar-refractivity contribution in [3.05, 3.63) is 34.3 Å². The van der Waals surface area contributed by atoms with Crippen molar-refractivity contribution >= 4 is 27.8 Å². The lowest BCUT2D eigenvalue weighted by molar-refractivity contribution is -0.149. The van der Waals surface area contributed by atoms with Gasteiger partial charge in [-0.2, -0.15) is 0 Å². The van der Waals surface area contributed by atoms with Gasteiger partial charge in [0.15, 0.2) is 0 Å². The zero-order valence-electron chi connectivity index (χ0n) is 9.68. The van der Waals surface area contributed by atoms with E-state index in [2.05, 4.69) is 15.9 Å². The first kappa shape index (κ1) is 13.7. The Bertz CT molecular complexity index is 434. The molecule has 0 radical (unpaired) electrons. The quantitative estimate of drug-likeness (QED) is 0.928. The van der Waals surface area contributed by atoms with Crippen LogP contribution < -0.4 is 0 Å². The maximum absolute atomic E-state index is 11.4. The van der Waals surface area contributed by atoms with Gasteiger partial charge in [0.25, 0.3) is 0 Å². The van der Waals surface area contributed by atoms with Gasteiger partial charge in [-0.25, -0.2) is 4.79 Å². The number of hydrogen-bond acceptors (Lipinski definition) is 2. The number of halogens is 1. The van der Waals surface area contributed by atoms with Crippen molar-refractivity contribution in [1.82, 2.24) is 4.90 Å². The van der Waals surface area contributed by atoms with Crippen LogP contribution in [0.5, 0.6) is 0 Å². The first-order chi connectivity index (χ1) is 7.91. The Morgan fingerprint density at radius 2 is 2.12 bits per heavy atom. The molecule has 1 atom stereocenters. The van der Waals surface area contributed by atoms with Gasteiger partial charge in [-0.3, -0.25) is 4.79 Å². The summed E-state index contributed by atoms with van der Waals surface area (Å²) < 4.78 is 0.904. The zero-order chi connectivity index (χ0) is 13.0. The lowest BCUT2D eigenvalue weighted by Crippen LogP contribution is -2.41. The highest BCUT2D eigenvalue weighted by Gasteiger charge is 2.22. The van der Waals surface area contributed by atoms with Crippen molar-refractivity contribution in [1.29, 1.82) is 0 Å². The summed E-state index contributed by atoms with van der Waals surface area (Å²) >= 11 is 3.34. The van der Waals surface area contributed by atoms with Gasteiger partial charge in [0.2, 0.25) is 5.91 Å². The summed E-state index contributed by atoms with van der Waals surface area (Å²) in [6.07, 6.45) is 0. The van der Waals surface area contributed by atoms with Crippen LogP contribution in [0.15, 0.2) is 28.7 Å². The first-order valence-corrected chi connectivity index (χ1v) is 5.95. The zero-order valence-corrected chi connectivity index (χ0v) is 11.3. The minimum absolute atomic E-state index is 0.250. The molecule has 0 spiro atoms. The second-order valence-electron chi connectivity index (χ2n) is 3.79. The van der Waals surface area contributed by atoms with Gasteiger partial charge < -0.3 is 10.0 Å². The number of amides is 1. The van der Waals surface area contributed by atoms with Crippen molar-refractivity contribution in [3.8, 4) is 0 Å². The number of benzene rings is 1. The van der Waals surface area contributed by atoms with Crippen molar-refractivity contribution in [3.63, 3.8) is 0 Å². The van der Waals surface area contributed by atoms with E-state index in [1.807, 2.05) is 24.3 Å². The van der Waals surface area contributed by atoms with Crippen molar-refractivity contribution < 1.29 is 14.7 Å². The Kier molecular flexibility index (Phi) is 4.69. The average Bonchev–Trinajstić information content (AvgIpc) is 2.24. The molecule has 1 N–H and O–H groups in total. The van der Waals surface area contributed by atoms with Gasteiger partial charge in [-0.05, 0) is 24.6 Å². The SMILES string of the molecule is CC(=O)N(Cc1cccc(Br)c1)C(C)C(=O)O. The molecule has 0 aliphatic heterocycles. The molecule has 0 fully saturated rings. The summed E-state index contributed by atoms with van der Waals surface area (Å²) in [4.78, 5) is 23.7. The lowest BCUT2D eigenvalue weighted by atomic mass is 10.2. The number of carboxylic acids is 1. The van der Waals surface area contributed by atoms with E-state index in [1.54, 1.807) is 0 Å². The van der Waals surface area contributed by atoms with Gasteiger partial charge in [-0.1, -0.05) is 28.1 Å². The monoisotopic (exact) mass is 299 g/mol. The Labute approximate surface area is 108 Å². The van der Waals surface area contributed by atoms with Gasteiger partial charge in [0.1, 0.15) is 6.04 Å². The summed E-state index contributed by atoms with van der Waals surface area (Å²) in [6, 6.07) is 6.62. The molecule has 5 heteroatoms. The second-order valence-corrected chi connectivity index (χ2v) is 4.71. The Morgan fingerprint density at radius 3 is 2.59 bits per heavy atom. The number of carbonyl (C=O) groups is 2. The van der Waals surface area contributed by atoms with Crippen LogP contribution in [0.25, 0.3) is 0 Å². The number of rotatable bonds is 4. The molecule has 4 nitrogen and oxygen atoms in total. The van der Waals surface area contributed by atoms with E-state index in [-0.39, 0.29) is 5.91 Å². The predicted molar refractivity (Wildman–Crippen MR) is 67.5 cm³/mol. The summed E-state index contributed by atoms with van der Waals surface area (Å²) in [6.45, 7) is 3.17. The van der Waals surface area contributed by atoms with E-state index in [9.17, 15) is 9.59 Å². The number of carboxylic acid groups (broad SMARTS) is 1. The summed E-state index contributed by atoms with van der Waals surface area (Å²) in [7, 11) is 0. The van der Waals surface area contributed by atoms with Gasteiger partial charge in [0.05, 0.1) is 0 Å². The van der Waals surface area contributed by atoms with Gasteiger partial charge in [-0.15, -0.1) is 0 Å². The third kappa shape index (κ3) is 3.85. The summed E-state index contributed by atoms with van der Waals surface area (Å²) in [5.41, 5.74) is 0.891. The minimum Gasteiger partial charge on any atom is -0.480 e. The molecule has 92 valence electrons. The highest BCUT2D eigenvalue weighted by molar-refractivity contribution is 9.10. The van der Waals surface area contributed by atoms with E-state index >= 15 is 0 Å². The van der Waals surface area contributed by atoms with Gasteiger partial charge >= 0.3 is 5.97 Å². The molecule has 0 aliphatic rings. The highest BCUT2D eigenvalue weighted by atomic mass is 79.9. The van der Waals surface area contributed by atoms with E-state index in [4.69, 9.17) is 5.11 Å².